The van der Waals surface area contributed by atoms with Crippen LogP contribution in [0, 0.1) is 35.5 Å². The molecular weight excluding hydrogens is 896 g/mol. The Morgan fingerprint density at radius 1 is 0.687 bits per heavy atom. The standard InChI is InChI=1S/C44H64O23/c1-7-20-23(26(39(56)58-5)16-62-41(20)66-43-37(54)35(52)33(50)29(12-45)64-43)10-31(48)60-14-18(3)22-9-28(47)19(4)25(22)15-61-32(49)11-24-21(8-2)42(63-17-27(24)40(57)59-6)67-44-38(55)36(53)34(51)30(13-46)65-44/h7-8,16-19,22-25,28-30,33-38,41-47,50-55H,9-15H2,1-6H3/b20-7+,21-8+/t18?,19-,22+,23+,24+,25-,28-,29-,30-,33-,34-,35+,36+,37-,38-,41+,42+,43+,44+/m1/s1. The van der Waals surface area contributed by atoms with E-state index in [1.165, 1.54) is 12.2 Å². The number of carbonyl (C=O) groups is 4. The fourth-order valence-corrected chi connectivity index (χ4v) is 9.11. The van der Waals surface area contributed by atoms with Gasteiger partial charge in [0.15, 0.2) is 12.6 Å². The number of allylic oxidation sites excluding steroid dienone is 2. The average Bonchev–Trinajstić information content (AvgIpc) is 3.61. The minimum Gasteiger partial charge on any atom is -0.468 e. The normalized spacial score (nSPS) is 39.3. The minimum atomic E-state index is -1.77. The van der Waals surface area contributed by atoms with E-state index < -0.39 is 148 Å². The molecule has 23 nitrogen and oxygen atoms in total. The van der Waals surface area contributed by atoms with E-state index in [0.717, 1.165) is 26.7 Å². The molecule has 5 aliphatic rings. The first-order valence-corrected chi connectivity index (χ1v) is 22.0. The van der Waals surface area contributed by atoms with E-state index in [0.29, 0.717) is 0 Å². The molecule has 1 saturated carbocycles. The number of methoxy groups -OCH3 is 2. The lowest BCUT2D eigenvalue weighted by Crippen LogP contribution is -2.60. The Morgan fingerprint density at radius 2 is 1.12 bits per heavy atom. The van der Waals surface area contributed by atoms with Gasteiger partial charge in [-0.25, -0.2) is 9.59 Å². The fraction of sp³-hybridized carbons (Fsp3) is 0.727. The molecule has 0 amide bonds. The molecule has 4 heterocycles. The Kier molecular flexibility index (Phi) is 19.3. The second kappa shape index (κ2) is 24.0. The van der Waals surface area contributed by atoms with Crippen LogP contribution in [0.5, 0.6) is 0 Å². The summed E-state index contributed by atoms with van der Waals surface area (Å²) in [6, 6.07) is 0. The number of esters is 4. The Morgan fingerprint density at radius 3 is 1.52 bits per heavy atom. The smallest absolute Gasteiger partial charge is 0.337 e. The third-order valence-corrected chi connectivity index (χ3v) is 13.2. The number of aliphatic hydroxyl groups is 9. The highest BCUT2D eigenvalue weighted by molar-refractivity contribution is 5.91. The van der Waals surface area contributed by atoms with E-state index in [9.17, 15) is 65.1 Å². The quantitative estimate of drug-likeness (QED) is 0.0421. The molecule has 19 atom stereocenters. The molecule has 0 aromatic heterocycles. The summed E-state index contributed by atoms with van der Waals surface area (Å²) >= 11 is 0. The van der Waals surface area contributed by atoms with Crippen LogP contribution in [0.3, 0.4) is 0 Å². The van der Waals surface area contributed by atoms with Crippen molar-refractivity contribution in [3.05, 3.63) is 47.0 Å². The van der Waals surface area contributed by atoms with Crippen LogP contribution in [0.1, 0.15) is 47.0 Å². The van der Waals surface area contributed by atoms with Gasteiger partial charge in [0.05, 0.1) is 83.3 Å². The van der Waals surface area contributed by atoms with E-state index >= 15 is 0 Å². The molecule has 1 aliphatic carbocycles. The highest BCUT2D eigenvalue weighted by atomic mass is 16.8. The predicted molar refractivity (Wildman–Crippen MR) is 221 cm³/mol. The van der Waals surface area contributed by atoms with Crippen molar-refractivity contribution in [2.24, 2.45) is 35.5 Å². The van der Waals surface area contributed by atoms with Gasteiger partial charge in [-0.2, -0.15) is 0 Å². The van der Waals surface area contributed by atoms with Crippen molar-refractivity contribution in [3.8, 4) is 0 Å². The van der Waals surface area contributed by atoms with Crippen LogP contribution in [0.4, 0.5) is 0 Å². The zero-order valence-electron chi connectivity index (χ0n) is 38.0. The minimum absolute atomic E-state index is 0.0581. The van der Waals surface area contributed by atoms with Gasteiger partial charge in [-0.05, 0) is 38.0 Å². The Labute approximate surface area is 386 Å². The van der Waals surface area contributed by atoms with Gasteiger partial charge in [-0.15, -0.1) is 0 Å². The van der Waals surface area contributed by atoms with Crippen molar-refractivity contribution < 1.29 is 113 Å². The van der Waals surface area contributed by atoms with Crippen molar-refractivity contribution in [1.29, 1.82) is 0 Å². The van der Waals surface area contributed by atoms with E-state index in [2.05, 4.69) is 0 Å². The molecule has 0 aromatic carbocycles. The topological polar surface area (TPSA) is 343 Å². The van der Waals surface area contributed by atoms with Crippen LogP contribution in [0.25, 0.3) is 0 Å². The van der Waals surface area contributed by atoms with E-state index in [1.54, 1.807) is 27.7 Å². The zero-order chi connectivity index (χ0) is 49.4. The van der Waals surface area contributed by atoms with Crippen LogP contribution < -0.4 is 0 Å². The summed E-state index contributed by atoms with van der Waals surface area (Å²) in [7, 11) is 2.28. The van der Waals surface area contributed by atoms with Crippen LogP contribution in [-0.4, -0.2) is 191 Å². The summed E-state index contributed by atoms with van der Waals surface area (Å²) in [6.45, 7) is 5.05. The molecule has 9 N–H and O–H groups in total. The predicted octanol–water partition coefficient (Wildman–Crippen LogP) is -2.29. The van der Waals surface area contributed by atoms with Gasteiger partial charge in [-0.1, -0.05) is 26.0 Å². The molecule has 378 valence electrons. The number of rotatable bonds is 17. The maximum atomic E-state index is 13.6. The number of hydrogen-bond acceptors (Lipinski definition) is 23. The monoisotopic (exact) mass is 960 g/mol. The zero-order valence-corrected chi connectivity index (χ0v) is 38.0. The molecule has 23 heteroatoms. The van der Waals surface area contributed by atoms with E-state index in [4.69, 9.17) is 47.4 Å². The van der Waals surface area contributed by atoms with Gasteiger partial charge in [0.1, 0.15) is 48.8 Å². The second-order valence-electron chi connectivity index (χ2n) is 17.2. The maximum absolute atomic E-state index is 13.6. The van der Waals surface area contributed by atoms with Crippen molar-refractivity contribution in [1.82, 2.24) is 0 Å². The Balaban J connectivity index is 1.22. The first-order chi connectivity index (χ1) is 31.8. The number of aliphatic hydroxyl groups excluding tert-OH is 9. The lowest BCUT2D eigenvalue weighted by Gasteiger charge is -2.42. The molecule has 0 radical (unpaired) electrons. The molecule has 1 unspecified atom stereocenters. The fourth-order valence-electron chi connectivity index (χ4n) is 9.11. The van der Waals surface area contributed by atoms with Gasteiger partial charge >= 0.3 is 23.9 Å². The number of carbonyl (C=O) groups excluding carboxylic acids is 4. The van der Waals surface area contributed by atoms with Gasteiger partial charge in [0, 0.05) is 28.9 Å². The molecule has 4 aliphatic heterocycles. The molecule has 67 heavy (non-hydrogen) atoms. The van der Waals surface area contributed by atoms with Crippen molar-refractivity contribution in [2.75, 3.05) is 40.6 Å². The lowest BCUT2D eigenvalue weighted by molar-refractivity contribution is -0.327. The summed E-state index contributed by atoms with van der Waals surface area (Å²) in [5.41, 5.74) is 0.334. The summed E-state index contributed by atoms with van der Waals surface area (Å²) in [6.07, 6.45) is -15.1. The highest BCUT2D eigenvalue weighted by Gasteiger charge is 2.49. The first-order valence-electron chi connectivity index (χ1n) is 22.0. The van der Waals surface area contributed by atoms with E-state index in [-0.39, 0.29) is 59.7 Å². The molecule has 5 rings (SSSR count). The third-order valence-electron chi connectivity index (χ3n) is 13.2. The molecule has 0 spiro atoms. The first kappa shape index (κ1) is 53.9. The molecule has 0 aromatic rings. The van der Waals surface area contributed by atoms with Crippen LogP contribution in [-0.2, 0) is 66.5 Å². The van der Waals surface area contributed by atoms with Crippen molar-refractivity contribution in [3.63, 3.8) is 0 Å². The van der Waals surface area contributed by atoms with Crippen molar-refractivity contribution >= 4 is 23.9 Å². The van der Waals surface area contributed by atoms with Crippen LogP contribution in [0.15, 0.2) is 47.0 Å². The van der Waals surface area contributed by atoms with Gasteiger partial charge in [-0.3, -0.25) is 9.59 Å². The summed E-state index contributed by atoms with van der Waals surface area (Å²) in [4.78, 5) is 52.9. The summed E-state index contributed by atoms with van der Waals surface area (Å²) in [5, 5.41) is 92.2. The van der Waals surface area contributed by atoms with Gasteiger partial charge in [0.25, 0.3) is 0 Å². The number of ether oxygens (including phenoxy) is 10. The highest BCUT2D eigenvalue weighted by Crippen LogP contribution is 2.43. The Hall–Kier alpha value is -4.08. The third kappa shape index (κ3) is 12.0. The molecule has 2 saturated heterocycles. The van der Waals surface area contributed by atoms with Crippen LogP contribution in [0.2, 0.25) is 0 Å². The molecular formula is C44H64O23. The SMILES string of the molecule is C/C=C1/[C@H](O[C@@H]2O[C@H](CO)[C@@H](O)[C@H](O)[C@H]2O)OC=C(C(=O)OC)[C@H]1CC(=O)OCC(C)[C@@H]1C[C@@H](O)[C@H](C)[C@H]1COC(=O)C[C@@H]1C(C(=O)OC)=CO[C@@H](O[C@@H]2O[C@H](CO)[C@@H](O)[C@H](O)[C@H]2O)/C1=C/C. The Bertz CT molecular complexity index is 1840. The largest absolute Gasteiger partial charge is 0.468 e. The van der Waals surface area contributed by atoms with Gasteiger partial charge < -0.3 is 93.3 Å². The van der Waals surface area contributed by atoms with E-state index in [1.807, 2.05) is 0 Å². The number of hydrogen-bond donors (Lipinski definition) is 9. The summed E-state index contributed by atoms with van der Waals surface area (Å²) in [5.74, 6) is -6.67. The maximum Gasteiger partial charge on any atom is 0.337 e. The van der Waals surface area contributed by atoms with Crippen molar-refractivity contribution in [2.45, 2.75) is 127 Å². The van der Waals surface area contributed by atoms with Crippen LogP contribution >= 0.6 is 0 Å². The average molecular weight is 961 g/mol. The summed E-state index contributed by atoms with van der Waals surface area (Å²) < 4.78 is 55.2. The second-order valence-corrected chi connectivity index (χ2v) is 17.2. The van der Waals surface area contributed by atoms with Gasteiger partial charge in [0.2, 0.25) is 12.6 Å². The molecule has 3 fully saturated rings. The molecule has 0 bridgehead atoms. The lowest BCUT2D eigenvalue weighted by atomic mass is 9.83.